The molecular formula is C26H20N4O3S2. The third-order valence-corrected chi connectivity index (χ3v) is 7.70. The molecule has 1 saturated heterocycles. The molecule has 35 heavy (non-hydrogen) atoms. The first-order valence-electron chi connectivity index (χ1n) is 10.8. The largest absolute Gasteiger partial charge is 0.507 e. The number of rotatable bonds is 6. The maximum Gasteiger partial charge on any atom is 0.301 e. The van der Waals surface area contributed by atoms with Crippen molar-refractivity contribution in [2.24, 2.45) is 0 Å². The lowest BCUT2D eigenvalue weighted by molar-refractivity contribution is -0.132. The van der Waals surface area contributed by atoms with Gasteiger partial charge in [0.2, 0.25) is 5.13 Å². The second kappa shape index (κ2) is 9.81. The van der Waals surface area contributed by atoms with Crippen molar-refractivity contribution in [3.63, 3.8) is 0 Å². The number of ketones is 1. The number of amides is 1. The van der Waals surface area contributed by atoms with Gasteiger partial charge in [-0.15, -0.1) is 10.2 Å². The normalized spacial score (nSPS) is 17.2. The Balaban J connectivity index is 1.53. The Bertz CT molecular complexity index is 1400. The fraction of sp³-hybridized carbons (Fsp3) is 0.115. The number of benzene rings is 2. The van der Waals surface area contributed by atoms with Crippen LogP contribution in [0.2, 0.25) is 0 Å². The van der Waals surface area contributed by atoms with Crippen molar-refractivity contribution in [3.05, 3.63) is 107 Å². The second-order valence-corrected chi connectivity index (χ2v) is 10.1. The quantitative estimate of drug-likeness (QED) is 0.128. The van der Waals surface area contributed by atoms with Crippen molar-refractivity contribution in [1.82, 2.24) is 15.2 Å². The van der Waals surface area contributed by atoms with E-state index in [0.29, 0.717) is 26.4 Å². The van der Waals surface area contributed by atoms with E-state index in [0.717, 1.165) is 11.1 Å². The molecule has 9 heteroatoms. The first kappa shape index (κ1) is 22.9. The lowest BCUT2D eigenvalue weighted by atomic mass is 9.96. The van der Waals surface area contributed by atoms with Crippen LogP contribution in [0.25, 0.3) is 5.76 Å². The summed E-state index contributed by atoms with van der Waals surface area (Å²) in [5.74, 6) is -1.06. The number of anilines is 1. The summed E-state index contributed by atoms with van der Waals surface area (Å²) >= 11 is 2.74. The molecule has 1 N–H and O–H groups in total. The van der Waals surface area contributed by atoms with E-state index in [1.165, 1.54) is 28.0 Å². The van der Waals surface area contributed by atoms with Gasteiger partial charge in [0.15, 0.2) is 4.34 Å². The molecule has 2 aromatic heterocycles. The lowest BCUT2D eigenvalue weighted by Gasteiger charge is -2.22. The Morgan fingerprint density at radius 2 is 1.80 bits per heavy atom. The molecule has 174 valence electrons. The van der Waals surface area contributed by atoms with Crippen LogP contribution >= 0.6 is 23.1 Å². The number of aryl methyl sites for hydroxylation is 1. The van der Waals surface area contributed by atoms with Crippen LogP contribution in [0.3, 0.4) is 0 Å². The summed E-state index contributed by atoms with van der Waals surface area (Å²) in [6.45, 7) is 1.93. The van der Waals surface area contributed by atoms with E-state index < -0.39 is 17.7 Å². The number of thioether (sulfide) groups is 1. The highest BCUT2D eigenvalue weighted by atomic mass is 32.2. The lowest BCUT2D eigenvalue weighted by Crippen LogP contribution is -2.29. The Morgan fingerprint density at radius 3 is 2.51 bits per heavy atom. The van der Waals surface area contributed by atoms with E-state index in [9.17, 15) is 14.7 Å². The number of aromatic nitrogens is 3. The Kier molecular flexibility index (Phi) is 6.43. The minimum atomic E-state index is -0.870. The van der Waals surface area contributed by atoms with E-state index in [2.05, 4.69) is 15.2 Å². The van der Waals surface area contributed by atoms with Gasteiger partial charge in [0, 0.05) is 23.7 Å². The number of carbonyl (C=O) groups excluding carboxylic acids is 2. The van der Waals surface area contributed by atoms with E-state index in [1.807, 2.05) is 49.4 Å². The summed E-state index contributed by atoms with van der Waals surface area (Å²) in [5.41, 5.74) is 3.21. The van der Waals surface area contributed by atoms with Crippen molar-refractivity contribution >= 4 is 45.7 Å². The molecule has 0 unspecified atom stereocenters. The third-order valence-electron chi connectivity index (χ3n) is 5.58. The van der Waals surface area contributed by atoms with Gasteiger partial charge in [0.25, 0.3) is 5.78 Å². The number of aliphatic hydroxyl groups excluding tert-OH is 1. The van der Waals surface area contributed by atoms with Gasteiger partial charge in [-0.25, -0.2) is 0 Å². The van der Waals surface area contributed by atoms with E-state index in [4.69, 9.17) is 0 Å². The van der Waals surface area contributed by atoms with Gasteiger partial charge in [0.1, 0.15) is 5.76 Å². The summed E-state index contributed by atoms with van der Waals surface area (Å²) in [4.78, 5) is 31.9. The number of hydrogen-bond acceptors (Lipinski definition) is 8. The third kappa shape index (κ3) is 4.60. The Labute approximate surface area is 210 Å². The molecule has 2 aromatic carbocycles. The van der Waals surface area contributed by atoms with E-state index in [-0.39, 0.29) is 11.3 Å². The van der Waals surface area contributed by atoms with E-state index >= 15 is 0 Å². The zero-order chi connectivity index (χ0) is 24.4. The fourth-order valence-corrected chi connectivity index (χ4v) is 5.65. The highest BCUT2D eigenvalue weighted by Gasteiger charge is 2.48. The smallest absolute Gasteiger partial charge is 0.301 e. The van der Waals surface area contributed by atoms with Crippen LogP contribution in [0.4, 0.5) is 5.13 Å². The van der Waals surface area contributed by atoms with Gasteiger partial charge in [-0.05, 0) is 24.1 Å². The predicted molar refractivity (Wildman–Crippen MR) is 136 cm³/mol. The SMILES string of the molecule is Cc1ccc(C(O)=C2C(=O)C(=O)N(c3nnc(SCc4ccccc4)s3)[C@H]2c2cccnc2)cc1. The topological polar surface area (TPSA) is 96.3 Å². The zero-order valence-corrected chi connectivity index (χ0v) is 20.3. The number of Topliss-reactive ketones (excluding diaryl/α,β-unsaturated/α-hetero) is 1. The minimum absolute atomic E-state index is 0.000502. The highest BCUT2D eigenvalue weighted by molar-refractivity contribution is 8.00. The molecule has 4 aromatic rings. The van der Waals surface area contributed by atoms with Crippen LogP contribution in [-0.2, 0) is 15.3 Å². The maximum atomic E-state index is 13.2. The molecular weight excluding hydrogens is 480 g/mol. The van der Waals surface area contributed by atoms with Crippen LogP contribution in [0.5, 0.6) is 0 Å². The van der Waals surface area contributed by atoms with Crippen molar-refractivity contribution in [2.75, 3.05) is 4.90 Å². The van der Waals surface area contributed by atoms with Gasteiger partial charge in [0.05, 0.1) is 11.6 Å². The molecule has 0 spiro atoms. The molecule has 0 bridgehead atoms. The van der Waals surface area contributed by atoms with Crippen molar-refractivity contribution < 1.29 is 14.7 Å². The number of aliphatic hydroxyl groups is 1. The van der Waals surface area contributed by atoms with Crippen LogP contribution in [0, 0.1) is 6.92 Å². The summed E-state index contributed by atoms with van der Waals surface area (Å²) in [6.07, 6.45) is 3.19. The molecule has 3 heterocycles. The minimum Gasteiger partial charge on any atom is -0.507 e. The van der Waals surface area contributed by atoms with Crippen LogP contribution < -0.4 is 4.90 Å². The van der Waals surface area contributed by atoms with Crippen molar-refractivity contribution in [1.29, 1.82) is 0 Å². The molecule has 1 aliphatic heterocycles. The van der Waals surface area contributed by atoms with Gasteiger partial charge in [-0.2, -0.15) is 0 Å². The van der Waals surface area contributed by atoms with Crippen LogP contribution in [0.15, 0.2) is 89.0 Å². The second-order valence-electron chi connectivity index (χ2n) is 7.95. The van der Waals surface area contributed by atoms with Gasteiger partial charge < -0.3 is 5.11 Å². The molecule has 1 atom stereocenters. The Hall–Kier alpha value is -3.82. The maximum absolute atomic E-state index is 13.2. The average molecular weight is 501 g/mol. The molecule has 7 nitrogen and oxygen atoms in total. The monoisotopic (exact) mass is 500 g/mol. The summed E-state index contributed by atoms with van der Waals surface area (Å²) < 4.78 is 0.675. The van der Waals surface area contributed by atoms with E-state index in [1.54, 1.807) is 36.7 Å². The molecule has 1 fully saturated rings. The number of pyridine rings is 1. The first-order chi connectivity index (χ1) is 17.0. The number of nitrogens with zero attached hydrogens (tertiary/aromatic N) is 4. The summed E-state index contributed by atoms with van der Waals surface area (Å²) in [5, 5.41) is 19.9. The van der Waals surface area contributed by atoms with Crippen LogP contribution in [-0.4, -0.2) is 32.0 Å². The number of carbonyl (C=O) groups is 2. The summed E-state index contributed by atoms with van der Waals surface area (Å²) in [6, 6.07) is 19.7. The van der Waals surface area contributed by atoms with Gasteiger partial charge >= 0.3 is 5.91 Å². The fourth-order valence-electron chi connectivity index (χ4n) is 3.83. The average Bonchev–Trinajstić information content (AvgIpc) is 3.46. The molecule has 1 amide bonds. The van der Waals surface area contributed by atoms with Gasteiger partial charge in [-0.1, -0.05) is 89.3 Å². The summed E-state index contributed by atoms with van der Waals surface area (Å²) in [7, 11) is 0. The molecule has 0 radical (unpaired) electrons. The molecule has 0 saturated carbocycles. The van der Waals surface area contributed by atoms with Crippen molar-refractivity contribution in [2.45, 2.75) is 23.1 Å². The zero-order valence-electron chi connectivity index (χ0n) is 18.7. The molecule has 0 aliphatic carbocycles. The standard InChI is InChI=1S/C26H20N4O3S2/c1-16-9-11-18(12-10-16)22(31)20-21(19-8-5-13-27-14-19)30(24(33)23(20)32)25-28-29-26(35-25)34-15-17-6-3-2-4-7-17/h2-14,21,31H,15H2,1H3/t21-/m0/s1. The highest BCUT2D eigenvalue weighted by Crippen LogP contribution is 2.43. The first-order valence-corrected chi connectivity index (χ1v) is 12.6. The number of hydrogen-bond donors (Lipinski definition) is 1. The molecule has 5 rings (SSSR count). The van der Waals surface area contributed by atoms with Crippen molar-refractivity contribution in [3.8, 4) is 0 Å². The predicted octanol–water partition coefficient (Wildman–Crippen LogP) is 5.16. The molecule has 1 aliphatic rings. The Morgan fingerprint density at radius 1 is 1.03 bits per heavy atom. The van der Waals surface area contributed by atoms with Gasteiger partial charge in [-0.3, -0.25) is 19.5 Å². The van der Waals surface area contributed by atoms with Crippen LogP contribution in [0.1, 0.15) is 28.3 Å².